The van der Waals surface area contributed by atoms with Crippen molar-refractivity contribution in [3.8, 4) is 0 Å². The van der Waals surface area contributed by atoms with Crippen molar-refractivity contribution in [1.29, 1.82) is 0 Å². The van der Waals surface area contributed by atoms with Crippen LogP contribution in [0.4, 0.5) is 21.5 Å². The standard InChI is InChI=1S/C34H20FNO2/c35-22-13-15-23(16-14-22)36(29-10-5-9-27-26-8-3-4-11-30(26)38-34(27)29)24-17-19-31-28(20-24)33-25-7-2-1-6-21(25)12-18-32(33)37-31/h1-20H. The smallest absolute Gasteiger partial charge is 0.159 e. The molecule has 0 saturated heterocycles. The third-order valence-electron chi connectivity index (χ3n) is 7.31. The van der Waals surface area contributed by atoms with E-state index in [9.17, 15) is 4.39 Å². The van der Waals surface area contributed by atoms with Gasteiger partial charge in [-0.25, -0.2) is 4.39 Å². The minimum atomic E-state index is -0.279. The lowest BCUT2D eigenvalue weighted by molar-refractivity contribution is 0.628. The highest BCUT2D eigenvalue weighted by Gasteiger charge is 2.21. The Morgan fingerprint density at radius 3 is 2.11 bits per heavy atom. The van der Waals surface area contributed by atoms with Crippen LogP contribution in [0.2, 0.25) is 0 Å². The maximum absolute atomic E-state index is 14.0. The largest absolute Gasteiger partial charge is 0.456 e. The van der Waals surface area contributed by atoms with Gasteiger partial charge < -0.3 is 13.7 Å². The normalized spacial score (nSPS) is 11.8. The second-order valence-electron chi connectivity index (χ2n) is 9.51. The maximum atomic E-state index is 14.0. The number of fused-ring (bicyclic) bond motifs is 8. The van der Waals surface area contributed by atoms with E-state index in [1.165, 1.54) is 12.1 Å². The van der Waals surface area contributed by atoms with Gasteiger partial charge in [0.1, 0.15) is 22.6 Å². The Bertz CT molecular complexity index is 2150. The molecule has 0 radical (unpaired) electrons. The number of rotatable bonds is 3. The van der Waals surface area contributed by atoms with Crippen molar-refractivity contribution >= 4 is 71.7 Å². The quantitative estimate of drug-likeness (QED) is 0.245. The first kappa shape index (κ1) is 21.0. The molecule has 2 aromatic heterocycles. The molecule has 0 saturated carbocycles. The third kappa shape index (κ3) is 3.07. The lowest BCUT2D eigenvalue weighted by Crippen LogP contribution is -2.10. The third-order valence-corrected chi connectivity index (χ3v) is 7.31. The number of anilines is 3. The molecule has 8 rings (SSSR count). The number of halogens is 1. The summed E-state index contributed by atoms with van der Waals surface area (Å²) >= 11 is 0. The van der Waals surface area contributed by atoms with Gasteiger partial charge in [0.15, 0.2) is 5.58 Å². The van der Waals surface area contributed by atoms with E-state index >= 15 is 0 Å². The minimum absolute atomic E-state index is 0.279. The predicted octanol–water partition coefficient (Wildman–Crippen LogP) is 10.2. The molecular formula is C34H20FNO2. The van der Waals surface area contributed by atoms with Crippen LogP contribution >= 0.6 is 0 Å². The molecule has 8 aromatic rings. The number of hydrogen-bond donors (Lipinski definition) is 0. The van der Waals surface area contributed by atoms with E-state index in [-0.39, 0.29) is 5.82 Å². The first-order chi connectivity index (χ1) is 18.7. The zero-order valence-electron chi connectivity index (χ0n) is 20.2. The van der Waals surface area contributed by atoms with Crippen molar-refractivity contribution < 1.29 is 13.2 Å². The summed E-state index contributed by atoms with van der Waals surface area (Å²) < 4.78 is 26.6. The molecule has 0 bridgehead atoms. The Morgan fingerprint density at radius 1 is 0.500 bits per heavy atom. The van der Waals surface area contributed by atoms with Gasteiger partial charge in [-0.2, -0.15) is 0 Å². The van der Waals surface area contributed by atoms with Crippen LogP contribution in [0.1, 0.15) is 0 Å². The van der Waals surface area contributed by atoms with Crippen molar-refractivity contribution in [2.24, 2.45) is 0 Å². The van der Waals surface area contributed by atoms with Crippen LogP contribution in [0.25, 0.3) is 54.6 Å². The highest BCUT2D eigenvalue weighted by atomic mass is 19.1. The van der Waals surface area contributed by atoms with Crippen LogP contribution < -0.4 is 4.90 Å². The molecule has 38 heavy (non-hydrogen) atoms. The SMILES string of the molecule is Fc1ccc(N(c2ccc3oc4ccc5ccccc5c4c3c2)c2cccc3c2oc2ccccc23)cc1. The highest BCUT2D eigenvalue weighted by molar-refractivity contribution is 6.19. The number of hydrogen-bond acceptors (Lipinski definition) is 3. The number of benzene rings is 6. The fourth-order valence-electron chi connectivity index (χ4n) is 5.60. The van der Waals surface area contributed by atoms with Crippen LogP contribution in [0.3, 0.4) is 0 Å². The van der Waals surface area contributed by atoms with Crippen molar-refractivity contribution in [3.05, 3.63) is 127 Å². The van der Waals surface area contributed by atoms with Gasteiger partial charge in [-0.05, 0) is 71.4 Å². The van der Waals surface area contributed by atoms with Crippen LogP contribution in [0.5, 0.6) is 0 Å². The van der Waals surface area contributed by atoms with Crippen LogP contribution in [-0.2, 0) is 0 Å². The molecule has 0 atom stereocenters. The fraction of sp³-hybridized carbons (Fsp3) is 0. The van der Waals surface area contributed by atoms with E-state index in [2.05, 4.69) is 47.4 Å². The first-order valence-electron chi connectivity index (χ1n) is 12.5. The average Bonchev–Trinajstić information content (AvgIpc) is 3.53. The molecule has 0 spiro atoms. The highest BCUT2D eigenvalue weighted by Crippen LogP contribution is 2.44. The van der Waals surface area contributed by atoms with Crippen LogP contribution in [-0.4, -0.2) is 0 Å². The molecule has 0 aliphatic rings. The van der Waals surface area contributed by atoms with Crippen molar-refractivity contribution in [1.82, 2.24) is 0 Å². The summed E-state index contributed by atoms with van der Waals surface area (Å²) in [6, 6.07) is 39.4. The Morgan fingerprint density at radius 2 is 1.21 bits per heavy atom. The Balaban J connectivity index is 1.44. The van der Waals surface area contributed by atoms with E-state index < -0.39 is 0 Å². The van der Waals surface area contributed by atoms with Gasteiger partial charge in [0.2, 0.25) is 0 Å². The number of furan rings is 2. The second kappa shape index (κ2) is 7.95. The van der Waals surface area contributed by atoms with E-state index in [1.807, 2.05) is 54.6 Å². The molecule has 0 aliphatic heterocycles. The van der Waals surface area contributed by atoms with E-state index in [0.717, 1.165) is 71.7 Å². The molecule has 3 nitrogen and oxygen atoms in total. The van der Waals surface area contributed by atoms with Gasteiger partial charge in [-0.1, -0.05) is 60.7 Å². The number of nitrogens with zero attached hydrogens (tertiary/aromatic N) is 1. The predicted molar refractivity (Wildman–Crippen MR) is 153 cm³/mol. The molecule has 0 fully saturated rings. The lowest BCUT2D eigenvalue weighted by atomic mass is 10.0. The van der Waals surface area contributed by atoms with Crippen molar-refractivity contribution in [2.45, 2.75) is 0 Å². The topological polar surface area (TPSA) is 29.5 Å². The summed E-state index contributed by atoms with van der Waals surface area (Å²) in [4.78, 5) is 2.12. The van der Waals surface area contributed by atoms with Gasteiger partial charge in [-0.3, -0.25) is 0 Å². The second-order valence-corrected chi connectivity index (χ2v) is 9.51. The van der Waals surface area contributed by atoms with Crippen molar-refractivity contribution in [3.63, 3.8) is 0 Å². The summed E-state index contributed by atoms with van der Waals surface area (Å²) in [6.07, 6.45) is 0. The van der Waals surface area contributed by atoms with Gasteiger partial charge in [0.05, 0.1) is 5.69 Å². The van der Waals surface area contributed by atoms with E-state index in [1.54, 1.807) is 12.1 Å². The molecule has 0 aliphatic carbocycles. The molecule has 0 amide bonds. The minimum Gasteiger partial charge on any atom is -0.456 e. The number of para-hydroxylation sites is 2. The summed E-state index contributed by atoms with van der Waals surface area (Å²) in [7, 11) is 0. The maximum Gasteiger partial charge on any atom is 0.159 e. The monoisotopic (exact) mass is 493 g/mol. The zero-order valence-corrected chi connectivity index (χ0v) is 20.2. The summed E-state index contributed by atoms with van der Waals surface area (Å²) in [5, 5.41) is 6.51. The molecule has 0 N–H and O–H groups in total. The molecule has 2 heterocycles. The van der Waals surface area contributed by atoms with E-state index in [0.29, 0.717) is 0 Å². The molecule has 0 unspecified atom stereocenters. The summed E-state index contributed by atoms with van der Waals surface area (Å²) in [5.74, 6) is -0.279. The van der Waals surface area contributed by atoms with Crippen LogP contribution in [0.15, 0.2) is 130 Å². The lowest BCUT2D eigenvalue weighted by Gasteiger charge is -2.25. The Labute approximate surface area is 216 Å². The molecule has 180 valence electrons. The van der Waals surface area contributed by atoms with Gasteiger partial charge in [0, 0.05) is 32.9 Å². The summed E-state index contributed by atoms with van der Waals surface area (Å²) in [6.45, 7) is 0. The van der Waals surface area contributed by atoms with Crippen LogP contribution in [0, 0.1) is 5.82 Å². The average molecular weight is 494 g/mol. The summed E-state index contributed by atoms with van der Waals surface area (Å²) in [5.41, 5.74) is 5.91. The molecule has 6 aromatic carbocycles. The van der Waals surface area contributed by atoms with Crippen molar-refractivity contribution in [2.75, 3.05) is 4.90 Å². The fourth-order valence-corrected chi connectivity index (χ4v) is 5.60. The van der Waals surface area contributed by atoms with Gasteiger partial charge in [0.25, 0.3) is 0 Å². The molecule has 4 heteroatoms. The Hall–Kier alpha value is -5.09. The molecular weight excluding hydrogens is 473 g/mol. The Kier molecular flexibility index (Phi) is 4.40. The van der Waals surface area contributed by atoms with Gasteiger partial charge >= 0.3 is 0 Å². The van der Waals surface area contributed by atoms with Gasteiger partial charge in [-0.15, -0.1) is 0 Å². The first-order valence-corrected chi connectivity index (χ1v) is 12.5. The zero-order chi connectivity index (χ0) is 25.2. The van der Waals surface area contributed by atoms with E-state index in [4.69, 9.17) is 8.83 Å².